The van der Waals surface area contributed by atoms with Crippen LogP contribution in [-0.2, 0) is 16.0 Å². The Labute approximate surface area is 127 Å². The normalized spacial score (nSPS) is 12.4. The zero-order valence-electron chi connectivity index (χ0n) is 11.4. The standard InChI is InChI=1S/C13H17F3N2O2.ClH/c1-20-11(8-17)6-12(19)18-10-4-2-3-9(5-10)7-13(14,15)16;/h2-5,11H,6-8,17H2,1H3,(H,18,19);1H. The van der Waals surface area contributed by atoms with E-state index in [-0.39, 0.29) is 36.8 Å². The van der Waals surface area contributed by atoms with Gasteiger partial charge in [0.05, 0.1) is 18.9 Å². The molecule has 1 unspecified atom stereocenters. The predicted molar refractivity (Wildman–Crippen MR) is 76.5 cm³/mol. The van der Waals surface area contributed by atoms with Gasteiger partial charge in [-0.3, -0.25) is 4.79 Å². The minimum absolute atomic E-state index is 0. The van der Waals surface area contributed by atoms with E-state index in [9.17, 15) is 18.0 Å². The minimum Gasteiger partial charge on any atom is -0.380 e. The van der Waals surface area contributed by atoms with Crippen LogP contribution in [0.4, 0.5) is 18.9 Å². The molecule has 1 rings (SSSR count). The second-order valence-electron chi connectivity index (χ2n) is 4.34. The molecule has 0 aromatic heterocycles. The summed E-state index contributed by atoms with van der Waals surface area (Å²) in [6.07, 6.45) is -5.66. The van der Waals surface area contributed by atoms with Crippen molar-refractivity contribution in [2.45, 2.75) is 25.1 Å². The summed E-state index contributed by atoms with van der Waals surface area (Å²) in [6, 6.07) is 5.66. The molecule has 0 spiro atoms. The lowest BCUT2D eigenvalue weighted by Gasteiger charge is -2.13. The number of nitrogens with one attached hydrogen (secondary N) is 1. The molecule has 0 saturated heterocycles. The molecule has 8 heteroatoms. The third-order valence-electron chi connectivity index (χ3n) is 2.62. The first-order valence-electron chi connectivity index (χ1n) is 6.02. The number of methoxy groups -OCH3 is 1. The largest absolute Gasteiger partial charge is 0.393 e. The molecule has 120 valence electrons. The number of hydrogen-bond acceptors (Lipinski definition) is 3. The number of ether oxygens (including phenoxy) is 1. The predicted octanol–water partition coefficient (Wildman–Crippen LogP) is 2.52. The summed E-state index contributed by atoms with van der Waals surface area (Å²) in [6.45, 7) is 0.192. The van der Waals surface area contributed by atoms with Crippen LogP contribution in [0.5, 0.6) is 0 Å². The molecule has 3 N–H and O–H groups in total. The lowest BCUT2D eigenvalue weighted by molar-refractivity contribution is -0.127. The summed E-state index contributed by atoms with van der Waals surface area (Å²) in [5, 5.41) is 2.53. The highest BCUT2D eigenvalue weighted by Crippen LogP contribution is 2.22. The van der Waals surface area contributed by atoms with E-state index in [1.54, 1.807) is 0 Å². The number of amides is 1. The van der Waals surface area contributed by atoms with E-state index in [0.717, 1.165) is 0 Å². The van der Waals surface area contributed by atoms with Gasteiger partial charge in [0.1, 0.15) is 0 Å². The SMILES string of the molecule is COC(CN)CC(=O)Nc1cccc(CC(F)(F)F)c1.Cl. The highest BCUT2D eigenvalue weighted by molar-refractivity contribution is 5.91. The van der Waals surface area contributed by atoms with Crippen molar-refractivity contribution in [3.05, 3.63) is 29.8 Å². The second-order valence-corrected chi connectivity index (χ2v) is 4.34. The third-order valence-corrected chi connectivity index (χ3v) is 2.62. The fourth-order valence-corrected chi connectivity index (χ4v) is 1.67. The first kappa shape index (κ1) is 19.7. The first-order chi connectivity index (χ1) is 9.34. The lowest BCUT2D eigenvalue weighted by atomic mass is 10.1. The maximum Gasteiger partial charge on any atom is 0.393 e. The van der Waals surface area contributed by atoms with Gasteiger partial charge >= 0.3 is 6.18 Å². The molecule has 1 aromatic carbocycles. The number of hydrogen-bond donors (Lipinski definition) is 2. The highest BCUT2D eigenvalue weighted by atomic mass is 35.5. The molecule has 0 saturated carbocycles. The van der Waals surface area contributed by atoms with E-state index in [2.05, 4.69) is 5.32 Å². The Morgan fingerprint density at radius 2 is 2.10 bits per heavy atom. The monoisotopic (exact) mass is 326 g/mol. The molecule has 4 nitrogen and oxygen atoms in total. The van der Waals surface area contributed by atoms with Crippen LogP contribution in [0.25, 0.3) is 0 Å². The van der Waals surface area contributed by atoms with Gasteiger partial charge in [-0.25, -0.2) is 0 Å². The Bertz CT molecular complexity index is 451. The topological polar surface area (TPSA) is 64.3 Å². The van der Waals surface area contributed by atoms with E-state index in [1.807, 2.05) is 0 Å². The van der Waals surface area contributed by atoms with Crippen molar-refractivity contribution in [3.8, 4) is 0 Å². The zero-order chi connectivity index (χ0) is 15.2. The first-order valence-corrected chi connectivity index (χ1v) is 6.02. The molecule has 1 atom stereocenters. The molecule has 0 radical (unpaired) electrons. The molecule has 0 aliphatic heterocycles. The Hall–Kier alpha value is -1.31. The van der Waals surface area contributed by atoms with E-state index >= 15 is 0 Å². The summed E-state index contributed by atoms with van der Waals surface area (Å²) in [5.41, 5.74) is 5.81. The van der Waals surface area contributed by atoms with Crippen molar-refractivity contribution >= 4 is 24.0 Å². The van der Waals surface area contributed by atoms with Gasteiger partial charge in [-0.1, -0.05) is 12.1 Å². The molecular formula is C13H18ClF3N2O2. The van der Waals surface area contributed by atoms with Crippen LogP contribution in [0.15, 0.2) is 24.3 Å². The molecule has 1 amide bonds. The number of alkyl halides is 3. The van der Waals surface area contributed by atoms with Gasteiger partial charge in [-0.2, -0.15) is 13.2 Å². The van der Waals surface area contributed by atoms with Crippen LogP contribution in [0.2, 0.25) is 0 Å². The number of anilines is 1. The van der Waals surface area contributed by atoms with Gasteiger partial charge in [0.2, 0.25) is 5.91 Å². The van der Waals surface area contributed by atoms with E-state index in [0.29, 0.717) is 5.69 Å². The number of carbonyl (C=O) groups is 1. The van der Waals surface area contributed by atoms with Crippen LogP contribution in [0.1, 0.15) is 12.0 Å². The summed E-state index contributed by atoms with van der Waals surface area (Å²) >= 11 is 0. The Balaban J connectivity index is 0.00000400. The van der Waals surface area contributed by atoms with Crippen molar-refractivity contribution in [1.29, 1.82) is 0 Å². The van der Waals surface area contributed by atoms with Crippen LogP contribution in [0, 0.1) is 0 Å². The van der Waals surface area contributed by atoms with Crippen molar-refractivity contribution in [2.75, 3.05) is 19.0 Å². The summed E-state index contributed by atoms with van der Waals surface area (Å²) in [4.78, 5) is 11.7. The summed E-state index contributed by atoms with van der Waals surface area (Å²) < 4.78 is 41.8. The number of benzene rings is 1. The lowest BCUT2D eigenvalue weighted by Crippen LogP contribution is -2.28. The van der Waals surface area contributed by atoms with Crippen LogP contribution >= 0.6 is 12.4 Å². The Morgan fingerprint density at radius 1 is 1.43 bits per heavy atom. The molecule has 0 bridgehead atoms. The number of rotatable bonds is 6. The van der Waals surface area contributed by atoms with Crippen molar-refractivity contribution in [3.63, 3.8) is 0 Å². The van der Waals surface area contributed by atoms with Crippen LogP contribution < -0.4 is 11.1 Å². The Morgan fingerprint density at radius 3 is 2.62 bits per heavy atom. The van der Waals surface area contributed by atoms with Gasteiger partial charge in [0, 0.05) is 19.3 Å². The maximum atomic E-state index is 12.3. The zero-order valence-corrected chi connectivity index (χ0v) is 12.3. The van der Waals surface area contributed by atoms with Crippen molar-refractivity contribution in [2.24, 2.45) is 5.73 Å². The molecular weight excluding hydrogens is 309 g/mol. The third kappa shape index (κ3) is 7.89. The molecule has 1 aromatic rings. The molecule has 0 fully saturated rings. The van der Waals surface area contributed by atoms with Crippen LogP contribution in [0.3, 0.4) is 0 Å². The molecule has 0 aliphatic rings. The van der Waals surface area contributed by atoms with Gasteiger partial charge < -0.3 is 15.8 Å². The van der Waals surface area contributed by atoms with E-state index in [1.165, 1.54) is 31.4 Å². The molecule has 0 aliphatic carbocycles. The average molecular weight is 327 g/mol. The quantitative estimate of drug-likeness (QED) is 0.844. The highest BCUT2D eigenvalue weighted by Gasteiger charge is 2.27. The van der Waals surface area contributed by atoms with E-state index in [4.69, 9.17) is 10.5 Å². The number of halogens is 4. The van der Waals surface area contributed by atoms with Gasteiger partial charge in [-0.05, 0) is 17.7 Å². The maximum absolute atomic E-state index is 12.3. The minimum atomic E-state index is -4.27. The van der Waals surface area contributed by atoms with Crippen molar-refractivity contribution < 1.29 is 22.7 Å². The Kier molecular flexibility index (Phi) is 8.31. The van der Waals surface area contributed by atoms with E-state index < -0.39 is 18.7 Å². The molecule has 0 heterocycles. The molecule has 21 heavy (non-hydrogen) atoms. The number of carbonyl (C=O) groups excluding carboxylic acids is 1. The average Bonchev–Trinajstić information content (AvgIpc) is 2.34. The number of nitrogens with two attached hydrogens (primary N) is 1. The van der Waals surface area contributed by atoms with Crippen molar-refractivity contribution in [1.82, 2.24) is 0 Å². The fourth-order valence-electron chi connectivity index (χ4n) is 1.67. The van der Waals surface area contributed by atoms with Gasteiger partial charge in [0.15, 0.2) is 0 Å². The summed E-state index contributed by atoms with van der Waals surface area (Å²) in [5.74, 6) is -0.355. The van der Waals surface area contributed by atoms with Gasteiger partial charge in [0.25, 0.3) is 0 Å². The summed E-state index contributed by atoms with van der Waals surface area (Å²) in [7, 11) is 1.44. The smallest absolute Gasteiger partial charge is 0.380 e. The fraction of sp³-hybridized carbons (Fsp3) is 0.462. The van der Waals surface area contributed by atoms with Gasteiger partial charge in [-0.15, -0.1) is 12.4 Å². The van der Waals surface area contributed by atoms with Crippen LogP contribution in [-0.4, -0.2) is 31.8 Å². The second kappa shape index (κ2) is 8.86.